The molecular weight excluding hydrogens is 263 g/mol. The SMILES string of the molecule is CC1(C(=O)O)CCN(c2nccc(C(F)(F)F)n2)C1. The number of nitrogens with zero attached hydrogens (tertiary/aromatic N) is 3. The fourth-order valence-corrected chi connectivity index (χ4v) is 1.97. The van der Waals surface area contributed by atoms with Crippen molar-refractivity contribution in [2.75, 3.05) is 18.0 Å². The van der Waals surface area contributed by atoms with Gasteiger partial charge >= 0.3 is 12.1 Å². The lowest BCUT2D eigenvalue weighted by Crippen LogP contribution is -2.32. The van der Waals surface area contributed by atoms with Crippen molar-refractivity contribution in [3.05, 3.63) is 18.0 Å². The minimum atomic E-state index is -4.53. The highest BCUT2D eigenvalue weighted by Crippen LogP contribution is 2.33. The molecule has 5 nitrogen and oxygen atoms in total. The first-order valence-corrected chi connectivity index (χ1v) is 5.61. The van der Waals surface area contributed by atoms with E-state index in [9.17, 15) is 18.0 Å². The molecule has 0 aliphatic carbocycles. The molecule has 1 aromatic rings. The van der Waals surface area contributed by atoms with E-state index < -0.39 is 23.3 Å². The number of hydrogen-bond acceptors (Lipinski definition) is 4. The van der Waals surface area contributed by atoms with Gasteiger partial charge in [-0.1, -0.05) is 0 Å². The average Bonchev–Trinajstić information content (AvgIpc) is 2.73. The van der Waals surface area contributed by atoms with E-state index in [2.05, 4.69) is 9.97 Å². The standard InChI is InChI=1S/C11H12F3N3O2/c1-10(8(18)19)3-5-17(6-10)9-15-4-2-7(16-9)11(12,13)14/h2,4H,3,5-6H2,1H3,(H,18,19). The quantitative estimate of drug-likeness (QED) is 0.891. The number of anilines is 1. The second-order valence-electron chi connectivity index (χ2n) is 4.78. The average molecular weight is 275 g/mol. The molecule has 0 radical (unpaired) electrons. The zero-order valence-electron chi connectivity index (χ0n) is 10.1. The molecule has 1 aliphatic rings. The highest BCUT2D eigenvalue weighted by atomic mass is 19.4. The summed E-state index contributed by atoms with van der Waals surface area (Å²) in [6.45, 7) is 1.98. The summed E-state index contributed by atoms with van der Waals surface area (Å²) in [5.74, 6) is -1.05. The van der Waals surface area contributed by atoms with Crippen LogP contribution >= 0.6 is 0 Å². The summed E-state index contributed by atoms with van der Waals surface area (Å²) in [6.07, 6.45) is -3.16. The fourth-order valence-electron chi connectivity index (χ4n) is 1.97. The van der Waals surface area contributed by atoms with Crippen LogP contribution in [0.3, 0.4) is 0 Å². The van der Waals surface area contributed by atoms with Crippen LogP contribution in [0.2, 0.25) is 0 Å². The van der Waals surface area contributed by atoms with E-state index in [4.69, 9.17) is 5.11 Å². The number of halogens is 3. The molecule has 2 heterocycles. The summed E-state index contributed by atoms with van der Waals surface area (Å²) in [5, 5.41) is 9.07. The Kier molecular flexibility index (Phi) is 3.11. The van der Waals surface area contributed by atoms with E-state index in [0.29, 0.717) is 13.0 Å². The van der Waals surface area contributed by atoms with Crippen LogP contribution < -0.4 is 4.90 Å². The van der Waals surface area contributed by atoms with Gasteiger partial charge in [-0.3, -0.25) is 4.79 Å². The molecule has 1 N–H and O–H groups in total. The van der Waals surface area contributed by atoms with Gasteiger partial charge in [-0.25, -0.2) is 9.97 Å². The summed E-state index contributed by atoms with van der Waals surface area (Å²) in [5.41, 5.74) is -2.00. The minimum absolute atomic E-state index is 0.0835. The summed E-state index contributed by atoms with van der Waals surface area (Å²) in [7, 11) is 0. The van der Waals surface area contributed by atoms with Crippen molar-refractivity contribution >= 4 is 11.9 Å². The first kappa shape index (κ1) is 13.6. The van der Waals surface area contributed by atoms with E-state index >= 15 is 0 Å². The summed E-state index contributed by atoms with van der Waals surface area (Å²) in [4.78, 5) is 19.8. The Balaban J connectivity index is 2.23. The number of aliphatic carboxylic acids is 1. The van der Waals surface area contributed by atoms with Gasteiger partial charge in [0.1, 0.15) is 5.69 Å². The summed E-state index contributed by atoms with van der Waals surface area (Å²) >= 11 is 0. The van der Waals surface area contributed by atoms with Gasteiger partial charge < -0.3 is 10.0 Å². The van der Waals surface area contributed by atoms with Crippen LogP contribution in [-0.4, -0.2) is 34.1 Å². The van der Waals surface area contributed by atoms with Gasteiger partial charge in [0.25, 0.3) is 0 Å². The maximum Gasteiger partial charge on any atom is 0.433 e. The number of carboxylic acids is 1. The Labute approximate surface area is 107 Å². The number of rotatable bonds is 2. The Hall–Kier alpha value is -1.86. The minimum Gasteiger partial charge on any atom is -0.481 e. The third-order valence-electron chi connectivity index (χ3n) is 3.21. The third kappa shape index (κ3) is 2.61. The van der Waals surface area contributed by atoms with Crippen LogP contribution in [0.1, 0.15) is 19.0 Å². The lowest BCUT2D eigenvalue weighted by molar-refractivity contribution is -0.146. The number of aromatic nitrogens is 2. The van der Waals surface area contributed by atoms with Crippen LogP contribution in [0.15, 0.2) is 12.3 Å². The van der Waals surface area contributed by atoms with Crippen LogP contribution in [0.25, 0.3) is 0 Å². The van der Waals surface area contributed by atoms with Gasteiger partial charge in [-0.05, 0) is 19.4 Å². The largest absolute Gasteiger partial charge is 0.481 e. The Morgan fingerprint density at radius 1 is 1.53 bits per heavy atom. The molecule has 0 saturated carbocycles. The summed E-state index contributed by atoms with van der Waals surface area (Å²) in [6, 6.07) is 0.788. The van der Waals surface area contributed by atoms with Gasteiger partial charge in [0.15, 0.2) is 0 Å². The molecule has 1 saturated heterocycles. The van der Waals surface area contributed by atoms with Crippen molar-refractivity contribution in [3.63, 3.8) is 0 Å². The summed E-state index contributed by atoms with van der Waals surface area (Å²) < 4.78 is 37.6. The molecule has 0 amide bonds. The second-order valence-corrected chi connectivity index (χ2v) is 4.78. The third-order valence-corrected chi connectivity index (χ3v) is 3.21. The van der Waals surface area contributed by atoms with Crippen LogP contribution in [0.4, 0.5) is 19.1 Å². The monoisotopic (exact) mass is 275 g/mol. The number of alkyl halides is 3. The maximum absolute atomic E-state index is 12.5. The van der Waals surface area contributed by atoms with Crippen LogP contribution in [0, 0.1) is 5.41 Å². The maximum atomic E-state index is 12.5. The smallest absolute Gasteiger partial charge is 0.433 e. The molecule has 1 atom stereocenters. The van der Waals surface area contributed by atoms with Gasteiger partial charge in [-0.2, -0.15) is 13.2 Å². The van der Waals surface area contributed by atoms with E-state index in [0.717, 1.165) is 12.3 Å². The first-order valence-electron chi connectivity index (χ1n) is 5.61. The molecule has 8 heteroatoms. The molecule has 1 aliphatic heterocycles. The molecule has 104 valence electrons. The predicted octanol–water partition coefficient (Wildman–Crippen LogP) is 1.80. The number of hydrogen-bond donors (Lipinski definition) is 1. The van der Waals surface area contributed by atoms with Crippen molar-refractivity contribution in [2.45, 2.75) is 19.5 Å². The Morgan fingerprint density at radius 3 is 2.74 bits per heavy atom. The van der Waals surface area contributed by atoms with E-state index in [1.807, 2.05) is 0 Å². The van der Waals surface area contributed by atoms with Crippen molar-refractivity contribution < 1.29 is 23.1 Å². The van der Waals surface area contributed by atoms with Crippen LogP contribution in [0.5, 0.6) is 0 Å². The van der Waals surface area contributed by atoms with Gasteiger partial charge in [-0.15, -0.1) is 0 Å². The normalized spacial score (nSPS) is 23.7. The van der Waals surface area contributed by atoms with Crippen molar-refractivity contribution in [2.24, 2.45) is 5.41 Å². The Bertz CT molecular complexity index is 506. The molecule has 19 heavy (non-hydrogen) atoms. The van der Waals surface area contributed by atoms with E-state index in [1.165, 1.54) is 4.90 Å². The second kappa shape index (κ2) is 4.36. The molecule has 1 aromatic heterocycles. The lowest BCUT2D eigenvalue weighted by atomic mass is 9.90. The molecule has 0 bridgehead atoms. The zero-order valence-corrected chi connectivity index (χ0v) is 10.1. The van der Waals surface area contributed by atoms with Gasteiger partial charge in [0.2, 0.25) is 5.95 Å². The zero-order chi connectivity index (χ0) is 14.3. The highest BCUT2D eigenvalue weighted by Gasteiger charge is 2.42. The predicted molar refractivity (Wildman–Crippen MR) is 59.6 cm³/mol. The molecule has 1 fully saturated rings. The van der Waals surface area contributed by atoms with Crippen molar-refractivity contribution in [1.82, 2.24) is 9.97 Å². The van der Waals surface area contributed by atoms with Gasteiger partial charge in [0.05, 0.1) is 5.41 Å². The highest BCUT2D eigenvalue weighted by molar-refractivity contribution is 5.76. The first-order chi connectivity index (χ1) is 8.72. The van der Waals surface area contributed by atoms with E-state index in [-0.39, 0.29) is 12.5 Å². The molecule has 2 rings (SSSR count). The fraction of sp³-hybridized carbons (Fsp3) is 0.545. The molecular formula is C11H12F3N3O2. The van der Waals surface area contributed by atoms with Gasteiger partial charge in [0, 0.05) is 19.3 Å². The molecule has 1 unspecified atom stereocenters. The number of carbonyl (C=O) groups is 1. The molecule has 0 aromatic carbocycles. The number of carboxylic acid groups (broad SMARTS) is 1. The van der Waals surface area contributed by atoms with Crippen molar-refractivity contribution in [3.8, 4) is 0 Å². The topological polar surface area (TPSA) is 66.3 Å². The lowest BCUT2D eigenvalue weighted by Gasteiger charge is -2.20. The Morgan fingerprint density at radius 2 is 2.21 bits per heavy atom. The van der Waals surface area contributed by atoms with Crippen molar-refractivity contribution in [1.29, 1.82) is 0 Å². The van der Waals surface area contributed by atoms with Crippen LogP contribution in [-0.2, 0) is 11.0 Å². The molecule has 0 spiro atoms. The van der Waals surface area contributed by atoms with E-state index in [1.54, 1.807) is 6.92 Å².